The number of hydrogen-bond acceptors (Lipinski definition) is 2. The summed E-state index contributed by atoms with van der Waals surface area (Å²) in [4.78, 5) is 0. The van der Waals surface area contributed by atoms with E-state index in [1.807, 2.05) is 35.0 Å². The third-order valence-corrected chi connectivity index (χ3v) is 4.05. The molecule has 112 valence electrons. The zero-order valence-electron chi connectivity index (χ0n) is 12.9. The van der Waals surface area contributed by atoms with Crippen LogP contribution in [0.3, 0.4) is 0 Å². The third kappa shape index (κ3) is 2.48. The normalized spacial score (nSPS) is 10.9. The van der Waals surface area contributed by atoms with Crippen molar-refractivity contribution < 1.29 is 0 Å². The zero-order chi connectivity index (χ0) is 15.9. The van der Waals surface area contributed by atoms with Gasteiger partial charge in [0.15, 0.2) is 0 Å². The molecule has 22 heavy (non-hydrogen) atoms. The molecule has 3 aromatic rings. The Morgan fingerprint density at radius 3 is 2.27 bits per heavy atom. The molecule has 0 atom stereocenters. The van der Waals surface area contributed by atoms with Crippen molar-refractivity contribution in [3.8, 4) is 16.9 Å². The fourth-order valence-corrected chi connectivity index (χ4v) is 3.17. The summed E-state index contributed by atoms with van der Waals surface area (Å²) in [6.45, 7) is 6.27. The lowest BCUT2D eigenvalue weighted by Gasteiger charge is -2.15. The molecule has 0 aliphatic carbocycles. The number of nitrogen functional groups attached to an aromatic ring is 1. The molecule has 0 bridgehead atoms. The van der Waals surface area contributed by atoms with Gasteiger partial charge in [-0.15, -0.1) is 0 Å². The van der Waals surface area contributed by atoms with Gasteiger partial charge in [0.05, 0.1) is 11.4 Å². The van der Waals surface area contributed by atoms with Crippen LogP contribution in [0.25, 0.3) is 16.9 Å². The Kier molecular flexibility index (Phi) is 3.67. The maximum Gasteiger partial charge on any atom is 0.146 e. The Hall–Kier alpha value is -2.26. The van der Waals surface area contributed by atoms with Crippen LogP contribution in [0.1, 0.15) is 16.7 Å². The van der Waals surface area contributed by atoms with E-state index in [4.69, 9.17) is 17.3 Å². The largest absolute Gasteiger partial charge is 0.382 e. The Labute approximate surface area is 135 Å². The van der Waals surface area contributed by atoms with Crippen molar-refractivity contribution in [1.82, 2.24) is 9.78 Å². The van der Waals surface area contributed by atoms with Gasteiger partial charge >= 0.3 is 0 Å². The molecule has 0 aliphatic rings. The van der Waals surface area contributed by atoms with Crippen LogP contribution in [0.5, 0.6) is 0 Å². The molecule has 3 nitrogen and oxygen atoms in total. The van der Waals surface area contributed by atoms with Crippen molar-refractivity contribution in [2.75, 3.05) is 5.73 Å². The summed E-state index contributed by atoms with van der Waals surface area (Å²) in [6, 6.07) is 13.9. The summed E-state index contributed by atoms with van der Waals surface area (Å²) in [6.07, 6.45) is 0. The van der Waals surface area contributed by atoms with Crippen LogP contribution in [0.15, 0.2) is 42.5 Å². The van der Waals surface area contributed by atoms with Gasteiger partial charge in [-0.25, -0.2) is 4.68 Å². The number of nitrogens with zero attached hydrogens (tertiary/aromatic N) is 2. The molecule has 0 saturated carbocycles. The number of hydrogen-bond donors (Lipinski definition) is 1. The summed E-state index contributed by atoms with van der Waals surface area (Å²) in [5.74, 6) is 0.481. The average molecular weight is 312 g/mol. The van der Waals surface area contributed by atoms with Crippen LogP contribution in [-0.2, 0) is 0 Å². The van der Waals surface area contributed by atoms with E-state index in [0.29, 0.717) is 10.8 Å². The number of halogens is 1. The maximum absolute atomic E-state index is 6.35. The lowest BCUT2D eigenvalue weighted by molar-refractivity contribution is 0.876. The van der Waals surface area contributed by atoms with Gasteiger partial charge in [-0.1, -0.05) is 47.5 Å². The molecular weight excluding hydrogens is 294 g/mol. The van der Waals surface area contributed by atoms with E-state index in [1.165, 1.54) is 5.56 Å². The molecule has 0 aliphatic heterocycles. The summed E-state index contributed by atoms with van der Waals surface area (Å²) >= 11 is 6.35. The highest BCUT2D eigenvalue weighted by Crippen LogP contribution is 2.32. The van der Waals surface area contributed by atoms with Crippen LogP contribution < -0.4 is 5.73 Å². The van der Waals surface area contributed by atoms with Gasteiger partial charge in [0.25, 0.3) is 0 Å². The van der Waals surface area contributed by atoms with E-state index in [-0.39, 0.29) is 0 Å². The summed E-state index contributed by atoms with van der Waals surface area (Å²) < 4.78 is 1.89. The SMILES string of the molecule is Cc1cc(C)c(-n2nc(N)cc2-c2ccccc2Cl)c(C)c1. The van der Waals surface area contributed by atoms with Crippen molar-refractivity contribution in [1.29, 1.82) is 0 Å². The van der Waals surface area contributed by atoms with Crippen molar-refractivity contribution >= 4 is 17.4 Å². The Morgan fingerprint density at radius 1 is 1.00 bits per heavy atom. The average Bonchev–Trinajstić information content (AvgIpc) is 2.79. The van der Waals surface area contributed by atoms with Crippen LogP contribution in [0, 0.1) is 20.8 Å². The molecular formula is C18H18ClN3. The molecule has 0 fully saturated rings. The molecule has 3 rings (SSSR count). The zero-order valence-corrected chi connectivity index (χ0v) is 13.6. The topological polar surface area (TPSA) is 43.8 Å². The first-order valence-corrected chi connectivity index (χ1v) is 7.54. The first-order chi connectivity index (χ1) is 10.5. The molecule has 4 heteroatoms. The van der Waals surface area contributed by atoms with E-state index in [0.717, 1.165) is 28.1 Å². The van der Waals surface area contributed by atoms with Crippen molar-refractivity contribution in [2.24, 2.45) is 0 Å². The van der Waals surface area contributed by atoms with Gasteiger partial charge in [0.1, 0.15) is 5.82 Å². The van der Waals surface area contributed by atoms with E-state index < -0.39 is 0 Å². The highest BCUT2D eigenvalue weighted by Gasteiger charge is 2.16. The predicted molar refractivity (Wildman–Crippen MR) is 92.6 cm³/mol. The molecule has 0 radical (unpaired) electrons. The minimum atomic E-state index is 0.481. The number of aromatic nitrogens is 2. The second kappa shape index (κ2) is 5.50. The minimum absolute atomic E-state index is 0.481. The van der Waals surface area contributed by atoms with Crippen LogP contribution in [0.2, 0.25) is 5.02 Å². The molecule has 1 aromatic heterocycles. The lowest BCUT2D eigenvalue weighted by Crippen LogP contribution is -2.05. The van der Waals surface area contributed by atoms with Gasteiger partial charge in [0, 0.05) is 16.7 Å². The van der Waals surface area contributed by atoms with Gasteiger partial charge in [-0.05, 0) is 38.0 Å². The minimum Gasteiger partial charge on any atom is -0.382 e. The third-order valence-electron chi connectivity index (χ3n) is 3.73. The quantitative estimate of drug-likeness (QED) is 0.745. The highest BCUT2D eigenvalue weighted by atomic mass is 35.5. The fraction of sp³-hybridized carbons (Fsp3) is 0.167. The molecule has 0 spiro atoms. The van der Waals surface area contributed by atoms with Crippen molar-refractivity contribution in [3.05, 3.63) is 64.2 Å². The fourth-order valence-electron chi connectivity index (χ4n) is 2.94. The second-order valence-electron chi connectivity index (χ2n) is 5.59. The Bertz CT molecular complexity index is 826. The number of anilines is 1. The molecule has 2 aromatic carbocycles. The van der Waals surface area contributed by atoms with Gasteiger partial charge in [0.2, 0.25) is 0 Å². The van der Waals surface area contributed by atoms with Gasteiger partial charge in [-0.2, -0.15) is 5.10 Å². The molecule has 0 saturated heterocycles. The summed E-state index contributed by atoms with van der Waals surface area (Å²) in [5.41, 5.74) is 12.4. The van der Waals surface area contributed by atoms with Crippen LogP contribution >= 0.6 is 11.6 Å². The maximum atomic E-state index is 6.35. The Balaban J connectivity index is 2.29. The lowest BCUT2D eigenvalue weighted by atomic mass is 10.0. The Morgan fingerprint density at radius 2 is 1.64 bits per heavy atom. The van der Waals surface area contributed by atoms with Crippen molar-refractivity contribution in [2.45, 2.75) is 20.8 Å². The van der Waals surface area contributed by atoms with E-state index in [2.05, 4.69) is 38.0 Å². The number of aryl methyl sites for hydroxylation is 3. The van der Waals surface area contributed by atoms with Crippen LogP contribution in [0.4, 0.5) is 5.82 Å². The van der Waals surface area contributed by atoms with Gasteiger partial charge in [-0.3, -0.25) is 0 Å². The van der Waals surface area contributed by atoms with E-state index >= 15 is 0 Å². The van der Waals surface area contributed by atoms with E-state index in [9.17, 15) is 0 Å². The summed E-state index contributed by atoms with van der Waals surface area (Å²) in [5, 5.41) is 5.17. The van der Waals surface area contributed by atoms with E-state index in [1.54, 1.807) is 0 Å². The van der Waals surface area contributed by atoms with Crippen molar-refractivity contribution in [3.63, 3.8) is 0 Å². The number of benzene rings is 2. The molecule has 2 N–H and O–H groups in total. The first-order valence-electron chi connectivity index (χ1n) is 7.16. The smallest absolute Gasteiger partial charge is 0.146 e. The standard InChI is InChI=1S/C18H18ClN3/c1-11-8-12(2)18(13(3)9-11)22-16(10-17(20)21-22)14-6-4-5-7-15(14)19/h4-10H,1-3H3,(H2,20,21). The molecule has 0 unspecified atom stereocenters. The predicted octanol–water partition coefficient (Wildman–Crippen LogP) is 4.70. The van der Waals surface area contributed by atoms with Gasteiger partial charge < -0.3 is 5.73 Å². The monoisotopic (exact) mass is 311 g/mol. The second-order valence-corrected chi connectivity index (χ2v) is 6.00. The number of rotatable bonds is 2. The molecule has 1 heterocycles. The van der Waals surface area contributed by atoms with Crippen LogP contribution in [-0.4, -0.2) is 9.78 Å². The highest BCUT2D eigenvalue weighted by molar-refractivity contribution is 6.33. The summed E-state index contributed by atoms with van der Waals surface area (Å²) in [7, 11) is 0. The first kappa shape index (κ1) is 14.7. The molecule has 0 amide bonds. The number of nitrogens with two attached hydrogens (primary N) is 1.